The summed E-state index contributed by atoms with van der Waals surface area (Å²) in [5, 5.41) is 3.48. The number of nitrogens with one attached hydrogen (secondary N) is 1. The Morgan fingerprint density at radius 3 is 2.83 bits per heavy atom. The first kappa shape index (κ1) is 13.3. The molecule has 1 N–H and O–H groups in total. The molecule has 0 spiro atoms. The molecule has 0 aromatic carbocycles. The highest BCUT2D eigenvalue weighted by Crippen LogP contribution is 2.19. The van der Waals surface area contributed by atoms with Crippen LogP contribution in [0, 0.1) is 0 Å². The lowest BCUT2D eigenvalue weighted by atomic mass is 10.3. The number of nitrogens with zero attached hydrogens (tertiary/aromatic N) is 3. The van der Waals surface area contributed by atoms with Crippen LogP contribution in [-0.2, 0) is 6.54 Å². The van der Waals surface area contributed by atoms with E-state index < -0.39 is 0 Å². The molecule has 0 saturated heterocycles. The molecule has 0 aliphatic heterocycles. The van der Waals surface area contributed by atoms with Gasteiger partial charge in [-0.2, -0.15) is 0 Å². The molecule has 0 radical (unpaired) electrons. The summed E-state index contributed by atoms with van der Waals surface area (Å²) in [6.45, 7) is 7.30. The number of hydrogen-bond donors (Lipinski definition) is 1. The quantitative estimate of drug-likeness (QED) is 0.767. The van der Waals surface area contributed by atoms with Gasteiger partial charge in [0.15, 0.2) is 0 Å². The number of anilines is 1. The molecular weight excluding hydrogens is 224 g/mol. The highest BCUT2D eigenvalue weighted by molar-refractivity contribution is 5.35. The molecule has 1 aromatic rings. The van der Waals surface area contributed by atoms with E-state index in [1.54, 1.807) is 0 Å². The van der Waals surface area contributed by atoms with Crippen LogP contribution in [0.4, 0.5) is 5.82 Å². The van der Waals surface area contributed by atoms with E-state index in [9.17, 15) is 0 Å². The molecule has 0 bridgehead atoms. The fourth-order valence-corrected chi connectivity index (χ4v) is 1.95. The Hall–Kier alpha value is -1.16. The monoisotopic (exact) mass is 248 g/mol. The third-order valence-electron chi connectivity index (χ3n) is 3.31. The first-order chi connectivity index (χ1) is 8.83. The second-order valence-corrected chi connectivity index (χ2v) is 4.96. The van der Waals surface area contributed by atoms with Gasteiger partial charge in [-0.3, -0.25) is 4.98 Å². The molecule has 1 aliphatic carbocycles. The van der Waals surface area contributed by atoms with Crippen LogP contribution in [0.5, 0.6) is 0 Å². The Morgan fingerprint density at radius 1 is 1.33 bits per heavy atom. The first-order valence-corrected chi connectivity index (χ1v) is 7.12. The molecule has 100 valence electrons. The highest BCUT2D eigenvalue weighted by atomic mass is 15.2. The molecular formula is C14H24N4. The minimum absolute atomic E-state index is 0.720. The van der Waals surface area contributed by atoms with Crippen molar-refractivity contribution in [2.75, 3.05) is 18.0 Å². The zero-order chi connectivity index (χ0) is 12.8. The molecule has 1 saturated carbocycles. The van der Waals surface area contributed by atoms with E-state index in [2.05, 4.69) is 29.0 Å². The maximum absolute atomic E-state index is 4.70. The van der Waals surface area contributed by atoms with E-state index in [1.165, 1.54) is 25.7 Å². The topological polar surface area (TPSA) is 41.1 Å². The second kappa shape index (κ2) is 6.69. The van der Waals surface area contributed by atoms with Crippen molar-refractivity contribution in [1.29, 1.82) is 0 Å². The largest absolute Gasteiger partial charge is 0.356 e. The minimum atomic E-state index is 0.720. The summed E-state index contributed by atoms with van der Waals surface area (Å²) >= 11 is 0. The molecule has 0 unspecified atom stereocenters. The molecule has 1 fully saturated rings. The minimum Gasteiger partial charge on any atom is -0.356 e. The summed E-state index contributed by atoms with van der Waals surface area (Å²) in [7, 11) is 0. The van der Waals surface area contributed by atoms with E-state index in [4.69, 9.17) is 4.98 Å². The predicted octanol–water partition coefficient (Wildman–Crippen LogP) is 2.36. The van der Waals surface area contributed by atoms with Crippen LogP contribution in [0.15, 0.2) is 12.4 Å². The molecule has 1 heterocycles. The first-order valence-electron chi connectivity index (χ1n) is 7.12. The van der Waals surface area contributed by atoms with Crippen LogP contribution in [0.2, 0.25) is 0 Å². The molecule has 4 nitrogen and oxygen atoms in total. The number of rotatable bonds is 8. The van der Waals surface area contributed by atoms with Crippen LogP contribution >= 0.6 is 0 Å². The summed E-state index contributed by atoms with van der Waals surface area (Å²) in [6.07, 6.45) is 8.79. The maximum atomic E-state index is 4.70. The van der Waals surface area contributed by atoms with E-state index in [0.717, 1.165) is 37.2 Å². The van der Waals surface area contributed by atoms with E-state index in [0.29, 0.717) is 0 Å². The Morgan fingerprint density at radius 2 is 2.17 bits per heavy atom. The van der Waals surface area contributed by atoms with Crippen LogP contribution in [-0.4, -0.2) is 29.1 Å². The SMILES string of the molecule is CCCCN(CC)c1cncc(CNC2CC2)n1. The summed E-state index contributed by atoms with van der Waals surface area (Å²) in [5.41, 5.74) is 1.05. The van der Waals surface area contributed by atoms with Gasteiger partial charge in [0.05, 0.1) is 11.9 Å². The Balaban J connectivity index is 1.94. The smallest absolute Gasteiger partial charge is 0.147 e. The van der Waals surface area contributed by atoms with E-state index in [1.807, 2.05) is 12.4 Å². The van der Waals surface area contributed by atoms with Crippen molar-refractivity contribution in [1.82, 2.24) is 15.3 Å². The van der Waals surface area contributed by atoms with E-state index in [-0.39, 0.29) is 0 Å². The van der Waals surface area contributed by atoms with Crippen molar-refractivity contribution in [3.05, 3.63) is 18.1 Å². The number of aromatic nitrogens is 2. The molecule has 0 amide bonds. The third kappa shape index (κ3) is 3.95. The van der Waals surface area contributed by atoms with Crippen LogP contribution in [0.3, 0.4) is 0 Å². The molecule has 0 atom stereocenters. The predicted molar refractivity (Wildman–Crippen MR) is 74.7 cm³/mol. The third-order valence-corrected chi connectivity index (χ3v) is 3.31. The zero-order valence-electron chi connectivity index (χ0n) is 11.5. The van der Waals surface area contributed by atoms with Crippen molar-refractivity contribution in [2.45, 2.75) is 52.1 Å². The average Bonchev–Trinajstić information content (AvgIpc) is 3.22. The lowest BCUT2D eigenvalue weighted by Gasteiger charge is -2.21. The van der Waals surface area contributed by atoms with Gasteiger partial charge in [0.25, 0.3) is 0 Å². The van der Waals surface area contributed by atoms with Crippen LogP contribution < -0.4 is 10.2 Å². The van der Waals surface area contributed by atoms with Gasteiger partial charge < -0.3 is 10.2 Å². The highest BCUT2D eigenvalue weighted by Gasteiger charge is 2.20. The second-order valence-electron chi connectivity index (χ2n) is 4.96. The van der Waals surface area contributed by atoms with Crippen LogP contribution in [0.25, 0.3) is 0 Å². The van der Waals surface area contributed by atoms with Crippen molar-refractivity contribution in [2.24, 2.45) is 0 Å². The standard InChI is InChI=1S/C14H24N4/c1-3-5-8-18(4-2)14-11-15-9-13(17-14)10-16-12-6-7-12/h9,11-12,16H,3-8,10H2,1-2H3. The van der Waals surface area contributed by atoms with Gasteiger partial charge in [-0.25, -0.2) is 4.98 Å². The Kier molecular flexibility index (Phi) is 4.93. The lowest BCUT2D eigenvalue weighted by molar-refractivity contribution is 0.665. The van der Waals surface area contributed by atoms with Crippen LogP contribution in [0.1, 0.15) is 45.2 Å². The van der Waals surface area contributed by atoms with Gasteiger partial charge in [-0.15, -0.1) is 0 Å². The fraction of sp³-hybridized carbons (Fsp3) is 0.714. The number of hydrogen-bond acceptors (Lipinski definition) is 4. The van der Waals surface area contributed by atoms with Crippen molar-refractivity contribution in [3.63, 3.8) is 0 Å². The number of unbranched alkanes of at least 4 members (excludes halogenated alkanes) is 1. The Labute approximate surface area is 110 Å². The summed E-state index contributed by atoms with van der Waals surface area (Å²) in [4.78, 5) is 11.3. The Bertz CT molecular complexity index is 363. The van der Waals surface area contributed by atoms with Gasteiger partial charge in [-0.05, 0) is 26.2 Å². The van der Waals surface area contributed by atoms with Crippen molar-refractivity contribution >= 4 is 5.82 Å². The average molecular weight is 248 g/mol. The molecule has 18 heavy (non-hydrogen) atoms. The summed E-state index contributed by atoms with van der Waals surface area (Å²) in [6, 6.07) is 0.720. The lowest BCUT2D eigenvalue weighted by Crippen LogP contribution is -2.26. The fourth-order valence-electron chi connectivity index (χ4n) is 1.95. The molecule has 2 rings (SSSR count). The molecule has 4 heteroatoms. The summed E-state index contributed by atoms with van der Waals surface area (Å²) in [5.74, 6) is 1.01. The van der Waals surface area contributed by atoms with E-state index >= 15 is 0 Å². The van der Waals surface area contributed by atoms with Gasteiger partial charge in [0.1, 0.15) is 5.82 Å². The van der Waals surface area contributed by atoms with Gasteiger partial charge >= 0.3 is 0 Å². The molecule has 1 aliphatic rings. The van der Waals surface area contributed by atoms with Gasteiger partial charge in [0.2, 0.25) is 0 Å². The summed E-state index contributed by atoms with van der Waals surface area (Å²) < 4.78 is 0. The zero-order valence-corrected chi connectivity index (χ0v) is 11.5. The normalized spacial score (nSPS) is 14.8. The molecule has 1 aromatic heterocycles. The van der Waals surface area contributed by atoms with Gasteiger partial charge in [0, 0.05) is 31.9 Å². The maximum Gasteiger partial charge on any atom is 0.147 e. The van der Waals surface area contributed by atoms with Crippen molar-refractivity contribution in [3.8, 4) is 0 Å². The van der Waals surface area contributed by atoms with Crippen molar-refractivity contribution < 1.29 is 0 Å². The van der Waals surface area contributed by atoms with Gasteiger partial charge in [-0.1, -0.05) is 13.3 Å².